The first-order chi connectivity index (χ1) is 9.78. The average molecular weight is 273 g/mol. The molecular formula is C17H23NO2. The van der Waals surface area contributed by atoms with Crippen molar-refractivity contribution in [2.45, 2.75) is 45.3 Å². The van der Waals surface area contributed by atoms with Crippen LogP contribution in [0, 0.1) is 17.8 Å². The number of hydrogen-bond acceptors (Lipinski definition) is 2. The van der Waals surface area contributed by atoms with E-state index in [0.717, 1.165) is 17.9 Å². The van der Waals surface area contributed by atoms with Gasteiger partial charge in [0.15, 0.2) is 0 Å². The summed E-state index contributed by atoms with van der Waals surface area (Å²) in [6, 6.07) is 10.2. The van der Waals surface area contributed by atoms with Gasteiger partial charge in [-0.05, 0) is 42.6 Å². The highest BCUT2D eigenvalue weighted by Crippen LogP contribution is 2.49. The largest absolute Gasteiger partial charge is 0.445 e. The Morgan fingerprint density at radius 3 is 2.75 bits per heavy atom. The van der Waals surface area contributed by atoms with Crippen LogP contribution < -0.4 is 5.32 Å². The third kappa shape index (κ3) is 2.67. The number of rotatable bonds is 4. The Morgan fingerprint density at radius 2 is 2.00 bits per heavy atom. The van der Waals surface area contributed by atoms with Crippen LogP contribution in [0.1, 0.15) is 38.2 Å². The van der Waals surface area contributed by atoms with Crippen molar-refractivity contribution >= 4 is 6.09 Å². The lowest BCUT2D eigenvalue weighted by Gasteiger charge is -2.30. The van der Waals surface area contributed by atoms with E-state index in [1.165, 1.54) is 19.3 Å². The summed E-state index contributed by atoms with van der Waals surface area (Å²) >= 11 is 0. The number of hydrogen-bond donors (Lipinski definition) is 1. The van der Waals surface area contributed by atoms with Crippen molar-refractivity contribution in [3.63, 3.8) is 0 Å². The Labute approximate surface area is 120 Å². The van der Waals surface area contributed by atoms with Crippen LogP contribution in [-0.2, 0) is 11.3 Å². The summed E-state index contributed by atoms with van der Waals surface area (Å²) in [5.41, 5.74) is 1.03. The van der Waals surface area contributed by atoms with Crippen molar-refractivity contribution in [1.29, 1.82) is 0 Å². The summed E-state index contributed by atoms with van der Waals surface area (Å²) in [4.78, 5) is 12.0. The predicted molar refractivity (Wildman–Crippen MR) is 78.2 cm³/mol. The van der Waals surface area contributed by atoms with Gasteiger partial charge in [0.2, 0.25) is 0 Å². The molecule has 0 aromatic heterocycles. The van der Waals surface area contributed by atoms with Gasteiger partial charge >= 0.3 is 6.09 Å². The molecule has 108 valence electrons. The molecule has 0 saturated heterocycles. The van der Waals surface area contributed by atoms with Gasteiger partial charge in [-0.3, -0.25) is 0 Å². The van der Waals surface area contributed by atoms with Crippen molar-refractivity contribution in [1.82, 2.24) is 5.32 Å². The topological polar surface area (TPSA) is 38.3 Å². The van der Waals surface area contributed by atoms with Crippen molar-refractivity contribution < 1.29 is 9.53 Å². The van der Waals surface area contributed by atoms with E-state index < -0.39 is 0 Å². The second-order valence-electron chi connectivity index (χ2n) is 6.14. The first kappa shape index (κ1) is 13.5. The zero-order chi connectivity index (χ0) is 13.9. The highest BCUT2D eigenvalue weighted by Gasteiger charge is 2.47. The molecule has 2 fully saturated rings. The molecule has 3 nitrogen and oxygen atoms in total. The fraction of sp³-hybridized carbons (Fsp3) is 0.588. The summed E-state index contributed by atoms with van der Waals surface area (Å²) in [6.07, 6.45) is 4.81. The second-order valence-corrected chi connectivity index (χ2v) is 6.14. The number of amides is 1. The van der Waals surface area contributed by atoms with Gasteiger partial charge in [0, 0.05) is 6.04 Å². The molecule has 1 amide bonds. The first-order valence-corrected chi connectivity index (χ1v) is 7.75. The highest BCUT2D eigenvalue weighted by atomic mass is 16.5. The van der Waals surface area contributed by atoms with Crippen LogP contribution in [0.4, 0.5) is 4.79 Å². The molecule has 2 saturated carbocycles. The van der Waals surface area contributed by atoms with Gasteiger partial charge in [-0.15, -0.1) is 0 Å². The van der Waals surface area contributed by atoms with E-state index in [-0.39, 0.29) is 6.09 Å². The van der Waals surface area contributed by atoms with Crippen LogP contribution in [0.5, 0.6) is 0 Å². The lowest BCUT2D eigenvalue weighted by Crippen LogP contribution is -2.44. The van der Waals surface area contributed by atoms with E-state index >= 15 is 0 Å². The third-order valence-corrected chi connectivity index (χ3v) is 5.06. The van der Waals surface area contributed by atoms with Crippen LogP contribution >= 0.6 is 0 Å². The number of fused-ring (bicyclic) bond motifs is 2. The van der Waals surface area contributed by atoms with Crippen molar-refractivity contribution in [3.05, 3.63) is 35.9 Å². The third-order valence-electron chi connectivity index (χ3n) is 5.06. The van der Waals surface area contributed by atoms with Crippen LogP contribution in [0.15, 0.2) is 30.3 Å². The van der Waals surface area contributed by atoms with E-state index in [1.807, 2.05) is 30.3 Å². The van der Waals surface area contributed by atoms with Crippen LogP contribution in [-0.4, -0.2) is 12.1 Å². The fourth-order valence-corrected chi connectivity index (χ4v) is 4.12. The van der Waals surface area contributed by atoms with Crippen molar-refractivity contribution in [3.8, 4) is 0 Å². The molecule has 0 aliphatic heterocycles. The molecule has 0 radical (unpaired) electrons. The molecule has 3 heteroatoms. The zero-order valence-electron chi connectivity index (χ0n) is 12.0. The van der Waals surface area contributed by atoms with Crippen LogP contribution in [0.2, 0.25) is 0 Å². The molecule has 20 heavy (non-hydrogen) atoms. The van der Waals surface area contributed by atoms with Gasteiger partial charge in [0.05, 0.1) is 0 Å². The highest BCUT2D eigenvalue weighted by molar-refractivity contribution is 5.67. The molecule has 0 unspecified atom stereocenters. The monoisotopic (exact) mass is 273 g/mol. The lowest BCUT2D eigenvalue weighted by atomic mass is 9.83. The van der Waals surface area contributed by atoms with E-state index in [4.69, 9.17) is 4.74 Å². The minimum atomic E-state index is -0.259. The Morgan fingerprint density at radius 1 is 1.25 bits per heavy atom. The van der Waals surface area contributed by atoms with Crippen molar-refractivity contribution in [2.75, 3.05) is 0 Å². The molecule has 1 aromatic rings. The molecule has 2 aliphatic rings. The SMILES string of the molecule is CC[C@H]1[C@@H]2CC[C@@H](C2)[C@@H]1NC(=O)OCc1ccccc1. The van der Waals surface area contributed by atoms with E-state index in [1.54, 1.807) is 0 Å². The van der Waals surface area contributed by atoms with Gasteiger partial charge in [0.1, 0.15) is 6.61 Å². The number of nitrogens with one attached hydrogen (secondary N) is 1. The molecule has 4 atom stereocenters. The maximum absolute atomic E-state index is 12.0. The van der Waals surface area contributed by atoms with Crippen LogP contribution in [0.25, 0.3) is 0 Å². The minimum absolute atomic E-state index is 0.259. The number of carbonyl (C=O) groups excluding carboxylic acids is 1. The van der Waals surface area contributed by atoms with E-state index in [9.17, 15) is 4.79 Å². The molecular weight excluding hydrogens is 250 g/mol. The normalized spacial score (nSPS) is 31.2. The van der Waals surface area contributed by atoms with Gasteiger partial charge in [-0.2, -0.15) is 0 Å². The Balaban J connectivity index is 1.51. The number of benzene rings is 1. The molecule has 0 spiro atoms. The zero-order valence-corrected chi connectivity index (χ0v) is 12.0. The maximum Gasteiger partial charge on any atom is 0.407 e. The minimum Gasteiger partial charge on any atom is -0.445 e. The van der Waals surface area contributed by atoms with Crippen LogP contribution in [0.3, 0.4) is 0 Å². The van der Waals surface area contributed by atoms with Gasteiger partial charge in [0.25, 0.3) is 0 Å². The standard InChI is InChI=1S/C17H23NO2/c1-2-15-13-8-9-14(10-13)16(15)18-17(19)20-11-12-6-4-3-5-7-12/h3-7,13-16H,2,8-11H2,1H3,(H,18,19)/t13-,14+,15+,16+/m1/s1. The molecule has 0 heterocycles. The number of carbonyl (C=O) groups is 1. The van der Waals surface area contributed by atoms with E-state index in [0.29, 0.717) is 24.5 Å². The molecule has 1 aromatic carbocycles. The molecule has 2 bridgehead atoms. The summed E-state index contributed by atoms with van der Waals surface area (Å²) in [5.74, 6) is 2.15. The van der Waals surface area contributed by atoms with Gasteiger partial charge in [-0.25, -0.2) is 4.79 Å². The second kappa shape index (κ2) is 5.86. The summed E-state index contributed by atoms with van der Waals surface area (Å²) in [6.45, 7) is 2.58. The Hall–Kier alpha value is -1.51. The van der Waals surface area contributed by atoms with Gasteiger partial charge in [-0.1, -0.05) is 43.7 Å². The smallest absolute Gasteiger partial charge is 0.407 e. The average Bonchev–Trinajstić information content (AvgIpc) is 3.07. The van der Waals surface area contributed by atoms with E-state index in [2.05, 4.69) is 12.2 Å². The Kier molecular flexibility index (Phi) is 3.95. The first-order valence-electron chi connectivity index (χ1n) is 7.75. The maximum atomic E-state index is 12.0. The fourth-order valence-electron chi connectivity index (χ4n) is 4.12. The van der Waals surface area contributed by atoms with Crippen molar-refractivity contribution in [2.24, 2.45) is 17.8 Å². The summed E-state index contributed by atoms with van der Waals surface area (Å²) in [7, 11) is 0. The number of ether oxygens (including phenoxy) is 1. The molecule has 1 N–H and O–H groups in total. The quantitative estimate of drug-likeness (QED) is 0.907. The molecule has 3 rings (SSSR count). The summed E-state index contributed by atoms with van der Waals surface area (Å²) < 4.78 is 5.34. The summed E-state index contributed by atoms with van der Waals surface area (Å²) in [5, 5.41) is 3.12. The molecule has 2 aliphatic carbocycles. The predicted octanol–water partition coefficient (Wildman–Crippen LogP) is 3.74. The van der Waals surface area contributed by atoms with Gasteiger partial charge < -0.3 is 10.1 Å². The lowest BCUT2D eigenvalue weighted by molar-refractivity contribution is 0.124. The Bertz CT molecular complexity index is 459. The number of alkyl carbamates (subject to hydrolysis) is 1.